The smallest absolute Gasteiger partial charge is 0.290 e. The van der Waals surface area contributed by atoms with Gasteiger partial charge in [-0.1, -0.05) is 25.1 Å². The predicted octanol–water partition coefficient (Wildman–Crippen LogP) is 2.45. The zero-order chi connectivity index (χ0) is 22.2. The average molecular weight is 416 g/mol. The molecule has 0 radical (unpaired) electrons. The van der Waals surface area contributed by atoms with Crippen LogP contribution >= 0.6 is 0 Å². The van der Waals surface area contributed by atoms with Crippen LogP contribution in [-0.2, 0) is 22.6 Å². The van der Waals surface area contributed by atoms with Crippen molar-refractivity contribution >= 4 is 23.8 Å². The molecule has 0 bridgehead atoms. The molecule has 0 saturated heterocycles. The first kappa shape index (κ1) is 24.6. The van der Waals surface area contributed by atoms with E-state index in [1.165, 1.54) is 0 Å². The van der Waals surface area contributed by atoms with Gasteiger partial charge in [0.2, 0.25) is 0 Å². The molecule has 1 unspecified atom stereocenters. The SMILES string of the molecule is CCc1nccn1CC(C)NCCOc1cccc2cccnc12.O=CO.O=CO. The van der Waals surface area contributed by atoms with Crippen LogP contribution in [0.1, 0.15) is 19.7 Å². The summed E-state index contributed by atoms with van der Waals surface area (Å²) in [6, 6.07) is 10.4. The van der Waals surface area contributed by atoms with E-state index < -0.39 is 0 Å². The number of aromatic nitrogens is 3. The zero-order valence-electron chi connectivity index (χ0n) is 17.1. The third-order valence-corrected chi connectivity index (χ3v) is 4.04. The molecule has 0 fully saturated rings. The van der Waals surface area contributed by atoms with Gasteiger partial charge in [-0.05, 0) is 19.1 Å². The van der Waals surface area contributed by atoms with Crippen LogP contribution in [0, 0.1) is 0 Å². The van der Waals surface area contributed by atoms with Crippen molar-refractivity contribution in [3.63, 3.8) is 0 Å². The topological polar surface area (TPSA) is 127 Å². The summed E-state index contributed by atoms with van der Waals surface area (Å²) in [5.41, 5.74) is 0.916. The number of rotatable bonds is 8. The number of carbonyl (C=O) groups is 2. The molecule has 0 saturated carbocycles. The van der Waals surface area contributed by atoms with Crippen molar-refractivity contribution in [2.45, 2.75) is 32.9 Å². The van der Waals surface area contributed by atoms with Crippen molar-refractivity contribution in [2.75, 3.05) is 13.2 Å². The van der Waals surface area contributed by atoms with Gasteiger partial charge in [0.05, 0.1) is 0 Å². The van der Waals surface area contributed by atoms with Crippen molar-refractivity contribution in [1.82, 2.24) is 19.9 Å². The Hall–Kier alpha value is -3.46. The second-order valence-corrected chi connectivity index (χ2v) is 6.10. The van der Waals surface area contributed by atoms with Gasteiger partial charge in [-0.25, -0.2) is 4.98 Å². The van der Waals surface area contributed by atoms with Crippen LogP contribution in [-0.4, -0.2) is 56.9 Å². The summed E-state index contributed by atoms with van der Waals surface area (Å²) in [4.78, 5) is 25.5. The minimum absolute atomic E-state index is 0.250. The highest BCUT2D eigenvalue weighted by Gasteiger charge is 2.06. The summed E-state index contributed by atoms with van der Waals surface area (Å²) in [5.74, 6) is 1.96. The van der Waals surface area contributed by atoms with E-state index in [0.717, 1.165) is 42.0 Å². The van der Waals surface area contributed by atoms with Gasteiger partial charge in [0.1, 0.15) is 23.7 Å². The highest BCUT2D eigenvalue weighted by molar-refractivity contribution is 5.84. The van der Waals surface area contributed by atoms with E-state index >= 15 is 0 Å². The Kier molecular flexibility index (Phi) is 11.9. The molecule has 1 aromatic carbocycles. The Balaban J connectivity index is 0.000000672. The van der Waals surface area contributed by atoms with Crippen molar-refractivity contribution in [3.05, 3.63) is 54.7 Å². The summed E-state index contributed by atoms with van der Waals surface area (Å²) in [6.45, 7) is 6.13. The summed E-state index contributed by atoms with van der Waals surface area (Å²) < 4.78 is 8.11. The number of carboxylic acid groups (broad SMARTS) is 2. The molecule has 3 N–H and O–H groups in total. The second kappa shape index (κ2) is 14.5. The Morgan fingerprint density at radius 1 is 1.13 bits per heavy atom. The molecular weight excluding hydrogens is 388 g/mol. The molecule has 30 heavy (non-hydrogen) atoms. The van der Waals surface area contributed by atoms with Gasteiger partial charge in [-0.2, -0.15) is 0 Å². The first-order chi connectivity index (χ1) is 14.6. The number of fused-ring (bicyclic) bond motifs is 1. The van der Waals surface area contributed by atoms with Crippen LogP contribution in [0.2, 0.25) is 0 Å². The lowest BCUT2D eigenvalue weighted by molar-refractivity contribution is -0.123. The molecule has 0 aliphatic heterocycles. The molecule has 9 nitrogen and oxygen atoms in total. The number of nitrogens with one attached hydrogen (secondary N) is 1. The van der Waals surface area contributed by atoms with Gasteiger partial charge in [0.25, 0.3) is 12.9 Å². The lowest BCUT2D eigenvalue weighted by atomic mass is 10.2. The minimum Gasteiger partial charge on any atom is -0.490 e. The molecule has 162 valence electrons. The fraction of sp³-hybridized carbons (Fsp3) is 0.333. The summed E-state index contributed by atoms with van der Waals surface area (Å²) in [5, 5.41) is 18.4. The Labute approximate surface area is 175 Å². The molecule has 0 aliphatic rings. The van der Waals surface area contributed by atoms with Gasteiger partial charge in [0, 0.05) is 49.5 Å². The predicted molar refractivity (Wildman–Crippen MR) is 114 cm³/mol. The number of ether oxygens (including phenoxy) is 1. The van der Waals surface area contributed by atoms with Crippen molar-refractivity contribution < 1.29 is 24.5 Å². The van der Waals surface area contributed by atoms with Crippen molar-refractivity contribution in [2.24, 2.45) is 0 Å². The van der Waals surface area contributed by atoms with E-state index in [0.29, 0.717) is 12.6 Å². The van der Waals surface area contributed by atoms with Crippen LogP contribution in [0.4, 0.5) is 0 Å². The first-order valence-electron chi connectivity index (χ1n) is 9.46. The van der Waals surface area contributed by atoms with E-state index in [1.807, 2.05) is 42.7 Å². The molecule has 1 atom stereocenters. The van der Waals surface area contributed by atoms with E-state index in [9.17, 15) is 0 Å². The maximum Gasteiger partial charge on any atom is 0.290 e. The van der Waals surface area contributed by atoms with E-state index in [4.69, 9.17) is 24.5 Å². The molecule has 3 aromatic rings. The van der Waals surface area contributed by atoms with E-state index in [1.54, 1.807) is 6.20 Å². The van der Waals surface area contributed by atoms with Crippen LogP contribution in [0.25, 0.3) is 10.9 Å². The quantitative estimate of drug-likeness (QED) is 0.378. The summed E-state index contributed by atoms with van der Waals surface area (Å²) in [7, 11) is 0. The van der Waals surface area contributed by atoms with Gasteiger partial charge in [0.15, 0.2) is 0 Å². The number of imidazole rings is 1. The summed E-state index contributed by atoms with van der Waals surface area (Å²) in [6.07, 6.45) is 6.65. The van der Waals surface area contributed by atoms with Gasteiger partial charge < -0.3 is 24.8 Å². The molecule has 2 heterocycles. The highest BCUT2D eigenvalue weighted by Crippen LogP contribution is 2.22. The van der Waals surface area contributed by atoms with Crippen molar-refractivity contribution in [3.8, 4) is 5.75 Å². The van der Waals surface area contributed by atoms with E-state index in [-0.39, 0.29) is 12.9 Å². The molecule has 0 amide bonds. The maximum atomic E-state index is 8.36. The van der Waals surface area contributed by atoms with Gasteiger partial charge in [-0.15, -0.1) is 0 Å². The van der Waals surface area contributed by atoms with Crippen LogP contribution < -0.4 is 10.1 Å². The van der Waals surface area contributed by atoms with Crippen LogP contribution in [0.3, 0.4) is 0 Å². The number of aryl methyl sites for hydroxylation is 1. The molecule has 0 spiro atoms. The lowest BCUT2D eigenvalue weighted by Gasteiger charge is -2.16. The largest absolute Gasteiger partial charge is 0.490 e. The second-order valence-electron chi connectivity index (χ2n) is 6.10. The highest BCUT2D eigenvalue weighted by atomic mass is 16.5. The Morgan fingerprint density at radius 2 is 1.83 bits per heavy atom. The fourth-order valence-corrected chi connectivity index (χ4v) is 2.84. The molecule has 3 rings (SSSR count). The number of para-hydroxylation sites is 1. The number of benzene rings is 1. The first-order valence-corrected chi connectivity index (χ1v) is 9.46. The lowest BCUT2D eigenvalue weighted by Crippen LogP contribution is -2.33. The monoisotopic (exact) mass is 416 g/mol. The third kappa shape index (κ3) is 8.27. The van der Waals surface area contributed by atoms with Crippen LogP contribution in [0.15, 0.2) is 48.9 Å². The molecular formula is C21H28N4O5. The average Bonchev–Trinajstić information content (AvgIpc) is 3.19. The number of hydrogen-bond donors (Lipinski definition) is 3. The fourth-order valence-electron chi connectivity index (χ4n) is 2.84. The zero-order valence-corrected chi connectivity index (χ0v) is 17.1. The normalized spacial score (nSPS) is 10.7. The minimum atomic E-state index is -0.250. The van der Waals surface area contributed by atoms with Gasteiger partial charge in [-0.3, -0.25) is 14.6 Å². The molecule has 9 heteroatoms. The molecule has 0 aliphatic carbocycles. The van der Waals surface area contributed by atoms with E-state index in [2.05, 4.69) is 33.7 Å². The molecule has 2 aromatic heterocycles. The number of hydrogen-bond acceptors (Lipinski definition) is 6. The Morgan fingerprint density at radius 3 is 2.53 bits per heavy atom. The standard InChI is InChI=1S/C19H24N4O.2CH2O2/c1-3-18-21-10-12-23(18)14-15(2)20-11-13-24-17-8-4-6-16-7-5-9-22-19(16)17;2*2-1-3/h4-10,12,15,20H,3,11,13-14H2,1-2H3;2*1H,(H,2,3). The maximum absolute atomic E-state index is 8.36. The third-order valence-electron chi connectivity index (χ3n) is 4.04. The van der Waals surface area contributed by atoms with Crippen molar-refractivity contribution in [1.29, 1.82) is 0 Å². The number of pyridine rings is 1. The van der Waals surface area contributed by atoms with Gasteiger partial charge >= 0.3 is 0 Å². The Bertz CT molecular complexity index is 873. The number of nitrogens with zero attached hydrogens (tertiary/aromatic N) is 3. The van der Waals surface area contributed by atoms with Crippen LogP contribution in [0.5, 0.6) is 5.75 Å². The summed E-state index contributed by atoms with van der Waals surface area (Å²) >= 11 is 0.